The number of urea groups is 1. The summed E-state index contributed by atoms with van der Waals surface area (Å²) in [6.07, 6.45) is 2.22. The van der Waals surface area contributed by atoms with E-state index in [1.54, 1.807) is 4.90 Å². The number of nitrogens with zero attached hydrogens (tertiary/aromatic N) is 2. The van der Waals surface area contributed by atoms with Crippen molar-refractivity contribution in [1.82, 2.24) is 15.1 Å². The molecule has 1 unspecified atom stereocenters. The molecule has 22 heavy (non-hydrogen) atoms. The van der Waals surface area contributed by atoms with Gasteiger partial charge in [-0.1, -0.05) is 0 Å². The fourth-order valence-electron chi connectivity index (χ4n) is 4.11. The van der Waals surface area contributed by atoms with Crippen molar-refractivity contribution in [3.05, 3.63) is 0 Å². The molecule has 6 heteroatoms. The molecule has 2 saturated heterocycles. The van der Waals surface area contributed by atoms with E-state index in [2.05, 4.69) is 24.1 Å². The molecule has 0 aromatic carbocycles. The minimum absolute atomic E-state index is 0.0701. The van der Waals surface area contributed by atoms with Gasteiger partial charge in [-0.3, -0.25) is 0 Å². The molecule has 1 spiro atoms. The molecule has 128 valence electrons. The zero-order valence-electron chi connectivity index (χ0n) is 14.7. The van der Waals surface area contributed by atoms with Gasteiger partial charge in [-0.15, -0.1) is 0 Å². The molecular weight excluding hydrogens is 339 g/mol. The summed E-state index contributed by atoms with van der Waals surface area (Å²) in [6, 6.07) is -0.0701. The molecule has 5 nitrogen and oxygen atoms in total. The molecule has 0 aromatic rings. The van der Waals surface area contributed by atoms with Gasteiger partial charge in [0.1, 0.15) is 0 Å². The van der Waals surface area contributed by atoms with Crippen LogP contribution in [-0.4, -0.2) is 73.2 Å². The van der Waals surface area contributed by atoms with Crippen LogP contribution >= 0.6 is 0 Å². The number of amides is 2. The summed E-state index contributed by atoms with van der Waals surface area (Å²) in [4.78, 5) is 16.1. The van der Waals surface area contributed by atoms with Crippen molar-refractivity contribution in [3.63, 3.8) is 0 Å². The van der Waals surface area contributed by atoms with E-state index in [9.17, 15) is 9.90 Å². The second-order valence-corrected chi connectivity index (χ2v) is 18.9. The molecule has 2 rings (SSSR count). The van der Waals surface area contributed by atoms with E-state index in [0.29, 0.717) is 6.54 Å². The van der Waals surface area contributed by atoms with Gasteiger partial charge in [0, 0.05) is 0 Å². The molecule has 2 heterocycles. The Morgan fingerprint density at radius 3 is 2.41 bits per heavy atom. The molecule has 0 bridgehead atoms. The fourth-order valence-corrected chi connectivity index (χ4v) is 12.7. The fraction of sp³-hybridized carbons (Fsp3) is 0.938. The van der Waals surface area contributed by atoms with Crippen LogP contribution in [0.2, 0.25) is 21.0 Å². The van der Waals surface area contributed by atoms with E-state index >= 15 is 0 Å². The summed E-state index contributed by atoms with van der Waals surface area (Å²) < 4.78 is 0. The van der Waals surface area contributed by atoms with Gasteiger partial charge in [0.15, 0.2) is 0 Å². The molecule has 0 radical (unpaired) electrons. The van der Waals surface area contributed by atoms with E-state index in [0.717, 1.165) is 25.8 Å². The van der Waals surface area contributed by atoms with Gasteiger partial charge >= 0.3 is 137 Å². The Labute approximate surface area is 137 Å². The quantitative estimate of drug-likeness (QED) is 0.704. The Morgan fingerprint density at radius 1 is 1.32 bits per heavy atom. The second-order valence-electron chi connectivity index (χ2n) is 7.52. The van der Waals surface area contributed by atoms with Crippen molar-refractivity contribution in [2.75, 3.05) is 27.2 Å². The number of carbonyl (C=O) groups excluding carboxylic acids is 1. The van der Waals surface area contributed by atoms with Gasteiger partial charge in [-0.2, -0.15) is 0 Å². The van der Waals surface area contributed by atoms with Crippen molar-refractivity contribution in [1.29, 1.82) is 0 Å². The Balaban J connectivity index is 1.98. The van der Waals surface area contributed by atoms with Gasteiger partial charge in [-0.05, 0) is 0 Å². The maximum absolute atomic E-state index is 12.3. The van der Waals surface area contributed by atoms with Crippen LogP contribution in [0.15, 0.2) is 0 Å². The second kappa shape index (κ2) is 7.09. The third-order valence-electron chi connectivity index (χ3n) is 6.11. The number of carbonyl (C=O) groups is 1. The molecule has 0 aliphatic carbocycles. The van der Waals surface area contributed by atoms with Crippen molar-refractivity contribution < 1.29 is 9.90 Å². The zero-order valence-corrected chi connectivity index (χ0v) is 16.8. The third kappa shape index (κ3) is 3.46. The number of hydrogen-bond acceptors (Lipinski definition) is 3. The Kier molecular flexibility index (Phi) is 5.83. The van der Waals surface area contributed by atoms with Crippen molar-refractivity contribution in [3.8, 4) is 0 Å². The normalized spacial score (nSPS) is 26.7. The molecule has 2 fully saturated rings. The maximum atomic E-state index is 12.3. The number of hydrogen-bond donors (Lipinski definition) is 2. The predicted molar refractivity (Wildman–Crippen MR) is 92.7 cm³/mol. The van der Waals surface area contributed by atoms with Crippen LogP contribution < -0.4 is 5.32 Å². The van der Waals surface area contributed by atoms with E-state index in [4.69, 9.17) is 0 Å². The number of nitrogens with one attached hydrogen (secondary N) is 1. The number of aliphatic hydroxyl groups excluding tert-OH is 1. The standard InChI is InChI=1S/C16H33GeN3O2/c1-5-17(6-2)10-8-16(9-11-17)14(21)20(15(22)18-16)13-7-12-19(3)4/h14,21H,5-13H2,1-4H3,(H,18,22). The van der Waals surface area contributed by atoms with E-state index < -0.39 is 19.5 Å². The van der Waals surface area contributed by atoms with Gasteiger partial charge in [0.2, 0.25) is 0 Å². The first-order valence-electron chi connectivity index (χ1n) is 8.80. The van der Waals surface area contributed by atoms with Crippen molar-refractivity contribution in [2.45, 2.75) is 65.9 Å². The molecule has 0 saturated carbocycles. The van der Waals surface area contributed by atoms with Gasteiger partial charge < -0.3 is 0 Å². The van der Waals surface area contributed by atoms with Crippen LogP contribution in [0.1, 0.15) is 33.1 Å². The molecule has 2 amide bonds. The van der Waals surface area contributed by atoms with Gasteiger partial charge in [0.05, 0.1) is 0 Å². The van der Waals surface area contributed by atoms with Crippen LogP contribution in [0, 0.1) is 0 Å². The zero-order chi connectivity index (χ0) is 16.4. The number of rotatable bonds is 6. The Hall–Kier alpha value is -0.267. The summed E-state index contributed by atoms with van der Waals surface area (Å²) in [5.74, 6) is 0. The summed E-state index contributed by atoms with van der Waals surface area (Å²) >= 11 is -1.66. The van der Waals surface area contributed by atoms with E-state index in [1.807, 2.05) is 14.1 Å². The number of aliphatic hydroxyl groups is 1. The first kappa shape index (κ1) is 18.1. The summed E-state index contributed by atoms with van der Waals surface area (Å²) in [5, 5.41) is 19.2. The monoisotopic (exact) mass is 373 g/mol. The Bertz CT molecular complexity index is 389. The summed E-state index contributed by atoms with van der Waals surface area (Å²) in [7, 11) is 4.06. The van der Waals surface area contributed by atoms with E-state index in [-0.39, 0.29) is 11.6 Å². The average Bonchev–Trinajstić information content (AvgIpc) is 2.73. The van der Waals surface area contributed by atoms with Gasteiger partial charge in [-0.25, -0.2) is 0 Å². The van der Waals surface area contributed by atoms with Crippen LogP contribution in [0.4, 0.5) is 4.79 Å². The third-order valence-corrected chi connectivity index (χ3v) is 17.9. The molecular formula is C16H33GeN3O2. The summed E-state index contributed by atoms with van der Waals surface area (Å²) in [5.41, 5.74) is -0.367. The molecule has 1 atom stereocenters. The molecule has 2 aliphatic heterocycles. The van der Waals surface area contributed by atoms with Crippen LogP contribution in [0.5, 0.6) is 0 Å². The molecule has 2 aliphatic rings. The van der Waals surface area contributed by atoms with Crippen molar-refractivity contribution >= 4 is 19.3 Å². The first-order valence-corrected chi connectivity index (χ1v) is 14.7. The molecule has 2 N–H and O–H groups in total. The van der Waals surface area contributed by atoms with E-state index in [1.165, 1.54) is 21.0 Å². The van der Waals surface area contributed by atoms with Gasteiger partial charge in [0.25, 0.3) is 0 Å². The van der Waals surface area contributed by atoms with Crippen LogP contribution in [0.3, 0.4) is 0 Å². The average molecular weight is 372 g/mol. The predicted octanol–water partition coefficient (Wildman–Crippen LogP) is 2.30. The Morgan fingerprint density at radius 2 is 1.91 bits per heavy atom. The summed E-state index contributed by atoms with van der Waals surface area (Å²) in [6.45, 7) is 6.27. The van der Waals surface area contributed by atoms with Crippen LogP contribution in [0.25, 0.3) is 0 Å². The molecule has 0 aromatic heterocycles. The minimum atomic E-state index is -1.66. The SMILES string of the molecule is C[CH2][Ge]1([CH2]C)[CH2]CC2(C[CH2]1)NC(=O)N(CCCN(C)C)C2O. The first-order chi connectivity index (χ1) is 10.4. The van der Waals surface area contributed by atoms with Crippen LogP contribution in [-0.2, 0) is 0 Å². The topological polar surface area (TPSA) is 55.8 Å². The van der Waals surface area contributed by atoms with Crippen molar-refractivity contribution in [2.24, 2.45) is 0 Å².